The second-order valence-electron chi connectivity index (χ2n) is 2.88. The van der Waals surface area contributed by atoms with Crippen LogP contribution in [0.1, 0.15) is 11.1 Å². The van der Waals surface area contributed by atoms with Gasteiger partial charge in [-0.15, -0.1) is 0 Å². The predicted octanol–water partition coefficient (Wildman–Crippen LogP) is 2.39. The highest BCUT2D eigenvalue weighted by atomic mass is 32.1. The standard InChI is InChI=1S/C11H10O3S/c1-8-4-2-3-5-9(8)10(11(12)13)6-14-7-15/h2-7H,1H3,(H,12,13)/b10-6+. The quantitative estimate of drug-likeness (QED) is 0.482. The number of ether oxygens (including phenoxy) is 1. The molecule has 0 aliphatic heterocycles. The number of rotatable bonds is 4. The molecule has 78 valence electrons. The number of benzene rings is 1. The van der Waals surface area contributed by atoms with Gasteiger partial charge >= 0.3 is 5.97 Å². The number of carboxylic acid groups (broad SMARTS) is 1. The average Bonchev–Trinajstić information content (AvgIpc) is 2.20. The van der Waals surface area contributed by atoms with Crippen molar-refractivity contribution in [3.05, 3.63) is 41.7 Å². The minimum Gasteiger partial charge on any atom is -0.478 e. The first-order chi connectivity index (χ1) is 7.16. The zero-order chi connectivity index (χ0) is 11.3. The van der Waals surface area contributed by atoms with Crippen molar-refractivity contribution in [1.29, 1.82) is 0 Å². The maximum absolute atomic E-state index is 11.0. The van der Waals surface area contributed by atoms with Crippen molar-refractivity contribution in [2.45, 2.75) is 6.92 Å². The molecule has 0 aliphatic carbocycles. The van der Waals surface area contributed by atoms with Crippen LogP contribution in [0.25, 0.3) is 5.57 Å². The predicted molar refractivity (Wildman–Crippen MR) is 61.5 cm³/mol. The summed E-state index contributed by atoms with van der Waals surface area (Å²) < 4.78 is 4.71. The van der Waals surface area contributed by atoms with Gasteiger partial charge in [0.15, 0.2) is 5.55 Å². The molecule has 0 saturated heterocycles. The van der Waals surface area contributed by atoms with E-state index in [1.807, 2.05) is 19.1 Å². The number of thiocarbonyl (C=S) groups is 1. The first kappa shape index (κ1) is 11.4. The molecule has 0 heterocycles. The van der Waals surface area contributed by atoms with Crippen LogP contribution in [0.4, 0.5) is 0 Å². The SMILES string of the molecule is Cc1ccccc1/C(=C\OC=S)C(=O)O. The summed E-state index contributed by atoms with van der Waals surface area (Å²) in [4.78, 5) is 11.0. The van der Waals surface area contributed by atoms with Crippen molar-refractivity contribution >= 4 is 29.3 Å². The van der Waals surface area contributed by atoms with Crippen LogP contribution >= 0.6 is 12.2 Å². The van der Waals surface area contributed by atoms with Crippen LogP contribution in [-0.4, -0.2) is 16.6 Å². The van der Waals surface area contributed by atoms with Gasteiger partial charge in [0.2, 0.25) is 0 Å². The zero-order valence-corrected chi connectivity index (χ0v) is 8.95. The Labute approximate surface area is 93.0 Å². The average molecular weight is 222 g/mol. The van der Waals surface area contributed by atoms with E-state index in [2.05, 4.69) is 12.2 Å². The molecule has 0 spiro atoms. The summed E-state index contributed by atoms with van der Waals surface area (Å²) in [5.41, 5.74) is 2.61. The second-order valence-corrected chi connectivity index (χ2v) is 3.08. The third kappa shape index (κ3) is 2.89. The van der Waals surface area contributed by atoms with Gasteiger partial charge < -0.3 is 9.84 Å². The zero-order valence-electron chi connectivity index (χ0n) is 8.14. The van der Waals surface area contributed by atoms with Crippen molar-refractivity contribution in [2.24, 2.45) is 0 Å². The van der Waals surface area contributed by atoms with Crippen molar-refractivity contribution < 1.29 is 14.6 Å². The molecule has 0 amide bonds. The van der Waals surface area contributed by atoms with E-state index in [0.717, 1.165) is 17.4 Å². The lowest BCUT2D eigenvalue weighted by atomic mass is 10.0. The molecular weight excluding hydrogens is 212 g/mol. The van der Waals surface area contributed by atoms with Crippen LogP contribution in [0.2, 0.25) is 0 Å². The molecular formula is C11H10O3S. The summed E-state index contributed by atoms with van der Waals surface area (Å²) in [6.45, 7) is 1.84. The van der Waals surface area contributed by atoms with Crippen LogP contribution < -0.4 is 0 Å². The molecule has 1 N–H and O–H groups in total. The van der Waals surface area contributed by atoms with Gasteiger partial charge in [-0.2, -0.15) is 0 Å². The number of aliphatic carboxylic acids is 1. The molecule has 0 radical (unpaired) electrons. The van der Waals surface area contributed by atoms with Crippen molar-refractivity contribution in [3.63, 3.8) is 0 Å². The minimum absolute atomic E-state index is 0.0919. The van der Waals surface area contributed by atoms with Crippen LogP contribution in [0.3, 0.4) is 0 Å². The largest absolute Gasteiger partial charge is 0.478 e. The lowest BCUT2D eigenvalue weighted by Gasteiger charge is -2.05. The van der Waals surface area contributed by atoms with E-state index in [0.29, 0.717) is 5.56 Å². The number of hydrogen-bond acceptors (Lipinski definition) is 3. The smallest absolute Gasteiger partial charge is 0.339 e. The Kier molecular flexibility index (Phi) is 4.00. The van der Waals surface area contributed by atoms with Gasteiger partial charge in [-0.1, -0.05) is 24.3 Å². The monoisotopic (exact) mass is 222 g/mol. The van der Waals surface area contributed by atoms with Crippen molar-refractivity contribution in [1.82, 2.24) is 0 Å². The Balaban J connectivity index is 3.16. The molecule has 0 fully saturated rings. The topological polar surface area (TPSA) is 46.5 Å². The maximum Gasteiger partial charge on any atom is 0.339 e. The summed E-state index contributed by atoms with van der Waals surface area (Å²) in [6.07, 6.45) is 1.14. The highest BCUT2D eigenvalue weighted by Crippen LogP contribution is 2.18. The number of carboxylic acids is 1. The normalized spacial score (nSPS) is 10.9. The molecule has 0 atom stereocenters. The second kappa shape index (κ2) is 5.26. The van der Waals surface area contributed by atoms with Crippen molar-refractivity contribution in [3.8, 4) is 0 Å². The first-order valence-electron chi connectivity index (χ1n) is 4.25. The van der Waals surface area contributed by atoms with E-state index in [9.17, 15) is 4.79 Å². The molecule has 0 unspecified atom stereocenters. The van der Waals surface area contributed by atoms with Gasteiger partial charge in [-0.25, -0.2) is 4.79 Å². The number of hydrogen-bond donors (Lipinski definition) is 1. The fourth-order valence-corrected chi connectivity index (χ4v) is 1.26. The molecule has 1 aromatic carbocycles. The fraction of sp³-hybridized carbons (Fsp3) is 0.0909. The van der Waals surface area contributed by atoms with E-state index in [1.54, 1.807) is 12.1 Å². The van der Waals surface area contributed by atoms with Gasteiger partial charge in [0.1, 0.15) is 11.8 Å². The summed E-state index contributed by atoms with van der Waals surface area (Å²) in [7, 11) is 0. The number of aryl methyl sites for hydroxylation is 1. The molecule has 0 bridgehead atoms. The summed E-state index contributed by atoms with van der Waals surface area (Å²) in [6, 6.07) is 7.18. The Hall–Kier alpha value is -1.68. The van der Waals surface area contributed by atoms with E-state index >= 15 is 0 Å². The third-order valence-corrected chi connectivity index (χ3v) is 2.02. The van der Waals surface area contributed by atoms with E-state index < -0.39 is 5.97 Å². The Morgan fingerprint density at radius 1 is 1.47 bits per heavy atom. The van der Waals surface area contributed by atoms with Gasteiger partial charge in [0, 0.05) is 0 Å². The van der Waals surface area contributed by atoms with Crippen LogP contribution in [0, 0.1) is 6.92 Å². The van der Waals surface area contributed by atoms with Gasteiger partial charge in [0.25, 0.3) is 0 Å². The molecule has 1 aromatic rings. The summed E-state index contributed by atoms with van der Waals surface area (Å²) in [5, 5.41) is 8.98. The molecule has 4 heteroatoms. The van der Waals surface area contributed by atoms with Crippen LogP contribution in [-0.2, 0) is 9.53 Å². The van der Waals surface area contributed by atoms with Crippen LogP contribution in [0.5, 0.6) is 0 Å². The molecule has 0 saturated carbocycles. The molecule has 1 rings (SSSR count). The molecule has 0 aliphatic rings. The maximum atomic E-state index is 11.0. The van der Waals surface area contributed by atoms with Gasteiger partial charge in [-0.05, 0) is 30.3 Å². The Bertz CT molecular complexity index is 410. The third-order valence-electron chi connectivity index (χ3n) is 1.91. The minimum atomic E-state index is -1.04. The fourth-order valence-electron chi connectivity index (χ4n) is 1.20. The van der Waals surface area contributed by atoms with E-state index in [1.165, 1.54) is 0 Å². The molecule has 3 nitrogen and oxygen atoms in total. The Morgan fingerprint density at radius 3 is 2.67 bits per heavy atom. The summed E-state index contributed by atoms with van der Waals surface area (Å²) in [5.74, 6) is -1.04. The lowest BCUT2D eigenvalue weighted by molar-refractivity contribution is -0.130. The number of carbonyl (C=O) groups is 1. The van der Waals surface area contributed by atoms with E-state index in [-0.39, 0.29) is 5.57 Å². The lowest BCUT2D eigenvalue weighted by Crippen LogP contribution is -2.02. The van der Waals surface area contributed by atoms with Gasteiger partial charge in [0.05, 0.1) is 0 Å². The van der Waals surface area contributed by atoms with Crippen molar-refractivity contribution in [2.75, 3.05) is 0 Å². The molecule has 0 aromatic heterocycles. The Morgan fingerprint density at radius 2 is 2.13 bits per heavy atom. The highest BCUT2D eigenvalue weighted by Gasteiger charge is 2.12. The first-order valence-corrected chi connectivity index (χ1v) is 4.72. The highest BCUT2D eigenvalue weighted by molar-refractivity contribution is 7.78. The van der Waals surface area contributed by atoms with E-state index in [4.69, 9.17) is 9.84 Å². The van der Waals surface area contributed by atoms with Gasteiger partial charge in [-0.3, -0.25) is 0 Å². The summed E-state index contributed by atoms with van der Waals surface area (Å²) >= 11 is 4.46. The van der Waals surface area contributed by atoms with Crippen LogP contribution in [0.15, 0.2) is 30.5 Å². The molecule has 15 heavy (non-hydrogen) atoms.